The molecule has 2 rings (SSSR count). The van der Waals surface area contributed by atoms with E-state index in [2.05, 4.69) is 9.97 Å². The van der Waals surface area contributed by atoms with Crippen LogP contribution < -0.4 is 11.2 Å². The molecule has 13 heavy (non-hydrogen) atoms. The van der Waals surface area contributed by atoms with Crippen LogP contribution >= 0.6 is 0 Å². The minimum absolute atomic E-state index is 0.299. The van der Waals surface area contributed by atoms with E-state index in [-0.39, 0.29) is 5.56 Å². The average molecular weight is 179 g/mol. The first-order valence-corrected chi connectivity index (χ1v) is 3.88. The number of hydrogen-bond acceptors (Lipinski definition) is 2. The van der Waals surface area contributed by atoms with Crippen molar-refractivity contribution in [1.82, 2.24) is 14.5 Å². The SMILES string of the molecule is Cc1cc2[nH]c(=O)n(C)c(=O)c2[nH]1. The molecule has 0 saturated heterocycles. The fraction of sp³-hybridized carbons (Fsp3) is 0.250. The quantitative estimate of drug-likeness (QED) is 0.591. The summed E-state index contributed by atoms with van der Waals surface area (Å²) < 4.78 is 1.04. The first kappa shape index (κ1) is 7.85. The minimum atomic E-state index is -0.392. The summed E-state index contributed by atoms with van der Waals surface area (Å²) in [5.41, 5.74) is 1.17. The van der Waals surface area contributed by atoms with Crippen LogP contribution in [0.15, 0.2) is 15.7 Å². The van der Waals surface area contributed by atoms with Gasteiger partial charge in [0, 0.05) is 12.7 Å². The molecule has 68 valence electrons. The molecule has 0 spiro atoms. The number of aryl methyl sites for hydroxylation is 1. The lowest BCUT2D eigenvalue weighted by Crippen LogP contribution is -2.32. The van der Waals surface area contributed by atoms with Crippen LogP contribution in [0.3, 0.4) is 0 Å². The average Bonchev–Trinajstić information content (AvgIpc) is 2.42. The number of nitrogens with zero attached hydrogens (tertiary/aromatic N) is 1. The van der Waals surface area contributed by atoms with Crippen molar-refractivity contribution >= 4 is 11.0 Å². The molecule has 0 bridgehead atoms. The Morgan fingerprint density at radius 2 is 2.00 bits per heavy atom. The van der Waals surface area contributed by atoms with Gasteiger partial charge in [-0.05, 0) is 13.0 Å². The summed E-state index contributed by atoms with van der Waals surface area (Å²) >= 11 is 0. The largest absolute Gasteiger partial charge is 0.353 e. The standard InChI is InChI=1S/C8H9N3O2/c1-4-3-5-6(9-4)7(12)11(2)8(13)10-5/h3,9H,1-2H3,(H,10,13). The maximum absolute atomic E-state index is 11.5. The van der Waals surface area contributed by atoms with Gasteiger partial charge >= 0.3 is 5.69 Å². The van der Waals surface area contributed by atoms with Gasteiger partial charge in [0.1, 0.15) is 5.52 Å². The van der Waals surface area contributed by atoms with E-state index in [0.29, 0.717) is 11.0 Å². The molecule has 2 N–H and O–H groups in total. The van der Waals surface area contributed by atoms with Crippen LogP contribution in [-0.2, 0) is 7.05 Å². The predicted octanol–water partition coefficient (Wildman–Crippen LogP) is -0.137. The van der Waals surface area contributed by atoms with E-state index in [0.717, 1.165) is 10.3 Å². The molecule has 0 aromatic carbocycles. The van der Waals surface area contributed by atoms with Crippen molar-refractivity contribution < 1.29 is 0 Å². The lowest BCUT2D eigenvalue weighted by atomic mass is 10.4. The number of H-pyrrole nitrogens is 2. The normalized spacial score (nSPS) is 10.9. The topological polar surface area (TPSA) is 70.7 Å². The van der Waals surface area contributed by atoms with Gasteiger partial charge in [0.05, 0.1) is 5.52 Å². The van der Waals surface area contributed by atoms with E-state index in [1.54, 1.807) is 6.07 Å². The summed E-state index contributed by atoms with van der Waals surface area (Å²) in [4.78, 5) is 28.1. The van der Waals surface area contributed by atoms with Crippen LogP contribution in [0.1, 0.15) is 5.69 Å². The number of fused-ring (bicyclic) bond motifs is 1. The third-order valence-electron chi connectivity index (χ3n) is 2.02. The van der Waals surface area contributed by atoms with Crippen molar-refractivity contribution in [3.8, 4) is 0 Å². The number of aromatic amines is 2. The number of hydrogen-bond donors (Lipinski definition) is 2. The highest BCUT2D eigenvalue weighted by atomic mass is 16.2. The molecule has 2 aromatic heterocycles. The van der Waals surface area contributed by atoms with Gasteiger partial charge in [-0.15, -0.1) is 0 Å². The Bertz CT molecular complexity index is 573. The van der Waals surface area contributed by atoms with E-state index in [1.165, 1.54) is 7.05 Å². The molecule has 0 radical (unpaired) electrons. The van der Waals surface area contributed by atoms with E-state index in [9.17, 15) is 9.59 Å². The zero-order valence-electron chi connectivity index (χ0n) is 7.34. The van der Waals surface area contributed by atoms with Crippen molar-refractivity contribution in [3.05, 3.63) is 32.6 Å². The Balaban J connectivity index is 3.10. The maximum atomic E-state index is 11.5. The molecule has 2 heterocycles. The summed E-state index contributed by atoms with van der Waals surface area (Å²) in [5.74, 6) is 0. The summed E-state index contributed by atoms with van der Waals surface area (Å²) in [6.07, 6.45) is 0. The van der Waals surface area contributed by atoms with Crippen molar-refractivity contribution in [1.29, 1.82) is 0 Å². The second-order valence-corrected chi connectivity index (χ2v) is 3.04. The van der Waals surface area contributed by atoms with E-state index in [4.69, 9.17) is 0 Å². The summed E-state index contributed by atoms with van der Waals surface area (Å²) in [5, 5.41) is 0. The Morgan fingerprint density at radius 1 is 1.31 bits per heavy atom. The first-order chi connectivity index (χ1) is 6.09. The van der Waals surface area contributed by atoms with Gasteiger partial charge in [-0.2, -0.15) is 0 Å². The highest BCUT2D eigenvalue weighted by Crippen LogP contribution is 2.04. The van der Waals surface area contributed by atoms with Crippen LogP contribution in [0.2, 0.25) is 0 Å². The molecule has 0 aliphatic carbocycles. The van der Waals surface area contributed by atoms with Crippen molar-refractivity contribution in [2.45, 2.75) is 6.92 Å². The second kappa shape index (κ2) is 2.35. The summed E-state index contributed by atoms with van der Waals surface area (Å²) in [7, 11) is 1.44. The smallest absolute Gasteiger partial charge is 0.328 e. The van der Waals surface area contributed by atoms with Crippen LogP contribution in [-0.4, -0.2) is 14.5 Å². The Kier molecular flexibility index (Phi) is 1.42. The fourth-order valence-electron chi connectivity index (χ4n) is 1.32. The van der Waals surface area contributed by atoms with Crippen molar-refractivity contribution in [3.63, 3.8) is 0 Å². The van der Waals surface area contributed by atoms with Crippen LogP contribution in [0.5, 0.6) is 0 Å². The molecular weight excluding hydrogens is 170 g/mol. The molecule has 5 nitrogen and oxygen atoms in total. The van der Waals surface area contributed by atoms with Gasteiger partial charge in [-0.1, -0.05) is 0 Å². The van der Waals surface area contributed by atoms with Crippen LogP contribution in [0, 0.1) is 6.92 Å². The molecule has 0 atom stereocenters. The maximum Gasteiger partial charge on any atom is 0.328 e. The molecule has 0 unspecified atom stereocenters. The Morgan fingerprint density at radius 3 is 2.69 bits per heavy atom. The first-order valence-electron chi connectivity index (χ1n) is 3.88. The van der Waals surface area contributed by atoms with E-state index in [1.807, 2.05) is 6.92 Å². The lowest BCUT2D eigenvalue weighted by Gasteiger charge is -1.94. The number of aromatic nitrogens is 3. The van der Waals surface area contributed by atoms with Gasteiger partial charge in [-0.3, -0.25) is 9.36 Å². The molecule has 0 aliphatic heterocycles. The Labute approximate surface area is 73.0 Å². The van der Waals surface area contributed by atoms with Crippen molar-refractivity contribution in [2.75, 3.05) is 0 Å². The van der Waals surface area contributed by atoms with Gasteiger partial charge in [0.15, 0.2) is 0 Å². The van der Waals surface area contributed by atoms with Gasteiger partial charge < -0.3 is 9.97 Å². The molecule has 0 aliphatic rings. The second-order valence-electron chi connectivity index (χ2n) is 3.04. The third-order valence-corrected chi connectivity index (χ3v) is 2.02. The minimum Gasteiger partial charge on any atom is -0.353 e. The molecule has 2 aromatic rings. The van der Waals surface area contributed by atoms with Crippen LogP contribution in [0.4, 0.5) is 0 Å². The van der Waals surface area contributed by atoms with E-state index >= 15 is 0 Å². The highest BCUT2D eigenvalue weighted by Gasteiger charge is 2.05. The van der Waals surface area contributed by atoms with E-state index < -0.39 is 5.69 Å². The zero-order chi connectivity index (χ0) is 9.59. The third kappa shape index (κ3) is 1.00. The monoisotopic (exact) mass is 179 g/mol. The van der Waals surface area contributed by atoms with Gasteiger partial charge in [0.2, 0.25) is 0 Å². The number of nitrogens with one attached hydrogen (secondary N) is 2. The van der Waals surface area contributed by atoms with Crippen LogP contribution in [0.25, 0.3) is 11.0 Å². The molecule has 0 fully saturated rings. The molecule has 0 saturated carbocycles. The van der Waals surface area contributed by atoms with Gasteiger partial charge in [0.25, 0.3) is 5.56 Å². The Hall–Kier alpha value is -1.78. The predicted molar refractivity (Wildman–Crippen MR) is 48.9 cm³/mol. The fourth-order valence-corrected chi connectivity index (χ4v) is 1.32. The molecule has 0 amide bonds. The zero-order valence-corrected chi connectivity index (χ0v) is 7.34. The van der Waals surface area contributed by atoms with Crippen molar-refractivity contribution in [2.24, 2.45) is 7.05 Å². The van der Waals surface area contributed by atoms with Gasteiger partial charge in [-0.25, -0.2) is 4.79 Å². The molecule has 5 heteroatoms. The summed E-state index contributed by atoms with van der Waals surface area (Å²) in [6, 6.07) is 1.73. The summed E-state index contributed by atoms with van der Waals surface area (Å²) in [6.45, 7) is 1.83. The highest BCUT2D eigenvalue weighted by molar-refractivity contribution is 5.74. The lowest BCUT2D eigenvalue weighted by molar-refractivity contribution is 0.792. The molecular formula is C8H9N3O2. The number of rotatable bonds is 0.